The predicted molar refractivity (Wildman–Crippen MR) is 72.1 cm³/mol. The molecule has 3 aromatic heterocycles. The van der Waals surface area contributed by atoms with Gasteiger partial charge in [-0.1, -0.05) is 0 Å². The molecule has 7 heteroatoms. The zero-order chi connectivity index (χ0) is 13.4. The zero-order valence-electron chi connectivity index (χ0n) is 9.92. The lowest BCUT2D eigenvalue weighted by atomic mass is 10.4. The first-order chi connectivity index (χ1) is 9.11. The topological polar surface area (TPSA) is 72.4 Å². The van der Waals surface area contributed by atoms with Crippen molar-refractivity contribution in [1.29, 1.82) is 0 Å². The molecule has 3 aromatic rings. The van der Waals surface area contributed by atoms with Gasteiger partial charge in [-0.25, -0.2) is 9.50 Å². The number of rotatable bonds is 2. The number of halogens is 1. The van der Waals surface area contributed by atoms with Crippen LogP contribution in [-0.2, 0) is 0 Å². The molecule has 0 aliphatic heterocycles. The third-order valence-electron chi connectivity index (χ3n) is 2.49. The highest BCUT2D eigenvalue weighted by molar-refractivity contribution is 9.10. The molecule has 0 saturated heterocycles. The molecule has 19 heavy (non-hydrogen) atoms. The van der Waals surface area contributed by atoms with E-state index in [0.29, 0.717) is 10.4 Å². The van der Waals surface area contributed by atoms with Gasteiger partial charge in [-0.05, 0) is 35.0 Å². The number of furan rings is 1. The van der Waals surface area contributed by atoms with Gasteiger partial charge < -0.3 is 9.73 Å². The minimum atomic E-state index is -0.337. The Morgan fingerprint density at radius 1 is 1.47 bits per heavy atom. The summed E-state index contributed by atoms with van der Waals surface area (Å²) in [5.41, 5.74) is 2.15. The van der Waals surface area contributed by atoms with Crippen LogP contribution in [0, 0.1) is 6.92 Å². The summed E-state index contributed by atoms with van der Waals surface area (Å²) in [5, 5.41) is 6.93. The Kier molecular flexibility index (Phi) is 2.83. The van der Waals surface area contributed by atoms with Crippen LogP contribution in [0.3, 0.4) is 0 Å². The average molecular weight is 321 g/mol. The van der Waals surface area contributed by atoms with E-state index >= 15 is 0 Å². The summed E-state index contributed by atoms with van der Waals surface area (Å²) < 4.78 is 7.29. The smallest absolute Gasteiger partial charge is 0.291 e. The van der Waals surface area contributed by atoms with Crippen LogP contribution in [0.1, 0.15) is 16.2 Å². The van der Waals surface area contributed by atoms with Crippen molar-refractivity contribution in [2.24, 2.45) is 0 Å². The summed E-state index contributed by atoms with van der Waals surface area (Å²) in [5.74, 6) is -0.112. The highest BCUT2D eigenvalue weighted by atomic mass is 79.9. The highest BCUT2D eigenvalue weighted by Crippen LogP contribution is 2.16. The van der Waals surface area contributed by atoms with Crippen molar-refractivity contribution in [3.8, 4) is 0 Å². The number of fused-ring (bicyclic) bond motifs is 1. The minimum absolute atomic E-state index is 0.226. The van der Waals surface area contributed by atoms with Crippen LogP contribution in [0.15, 0.2) is 39.7 Å². The van der Waals surface area contributed by atoms with Crippen LogP contribution in [0.25, 0.3) is 5.65 Å². The van der Waals surface area contributed by atoms with E-state index in [2.05, 4.69) is 31.3 Å². The number of nitrogens with one attached hydrogen (secondary N) is 1. The second-order valence-electron chi connectivity index (χ2n) is 3.99. The van der Waals surface area contributed by atoms with Crippen LogP contribution in [0.4, 0.5) is 5.69 Å². The van der Waals surface area contributed by atoms with Crippen LogP contribution in [0.5, 0.6) is 0 Å². The number of nitrogens with zero attached hydrogens (tertiary/aromatic N) is 3. The molecule has 0 aromatic carbocycles. The van der Waals surface area contributed by atoms with E-state index < -0.39 is 0 Å². The standard InChI is InChI=1S/C12H9BrN4O2/c1-7-4-11-14-5-8(6-17(11)16-7)15-12(18)9-2-3-10(13)19-9/h2-6H,1H3,(H,15,18). The van der Waals surface area contributed by atoms with Crippen LogP contribution in [0.2, 0.25) is 0 Å². The Hall–Kier alpha value is -2.15. The van der Waals surface area contributed by atoms with Crippen molar-refractivity contribution in [2.45, 2.75) is 6.92 Å². The van der Waals surface area contributed by atoms with Crippen LogP contribution in [-0.4, -0.2) is 20.5 Å². The fourth-order valence-corrected chi connectivity index (χ4v) is 2.00. The van der Waals surface area contributed by atoms with Gasteiger partial charge in [-0.2, -0.15) is 5.10 Å². The highest BCUT2D eigenvalue weighted by Gasteiger charge is 2.11. The number of hydrogen-bond acceptors (Lipinski definition) is 4. The molecule has 0 aliphatic carbocycles. The van der Waals surface area contributed by atoms with Crippen molar-refractivity contribution in [2.75, 3.05) is 5.32 Å². The lowest BCUT2D eigenvalue weighted by molar-refractivity contribution is 0.0995. The number of carbonyl (C=O) groups excluding carboxylic acids is 1. The number of anilines is 1. The van der Waals surface area contributed by atoms with E-state index in [1.165, 1.54) is 0 Å². The van der Waals surface area contributed by atoms with Gasteiger partial charge >= 0.3 is 0 Å². The number of hydrogen-bond donors (Lipinski definition) is 1. The van der Waals surface area contributed by atoms with Gasteiger partial charge in [0.1, 0.15) is 0 Å². The van der Waals surface area contributed by atoms with E-state index in [1.807, 2.05) is 13.0 Å². The molecule has 0 spiro atoms. The van der Waals surface area contributed by atoms with Gasteiger partial charge in [0.05, 0.1) is 23.8 Å². The van der Waals surface area contributed by atoms with E-state index in [9.17, 15) is 4.79 Å². The summed E-state index contributed by atoms with van der Waals surface area (Å²) in [7, 11) is 0. The third kappa shape index (κ3) is 2.37. The Bertz CT molecular complexity index is 762. The molecule has 96 valence electrons. The van der Waals surface area contributed by atoms with Gasteiger partial charge in [0, 0.05) is 6.07 Å². The van der Waals surface area contributed by atoms with E-state index in [-0.39, 0.29) is 11.7 Å². The quantitative estimate of drug-likeness (QED) is 0.787. The van der Waals surface area contributed by atoms with Gasteiger partial charge in [0.25, 0.3) is 5.91 Å². The first kappa shape index (κ1) is 11.9. The predicted octanol–water partition coefficient (Wildman–Crippen LogP) is 2.65. The number of aryl methyl sites for hydroxylation is 1. The molecule has 6 nitrogen and oxygen atoms in total. The molecular weight excluding hydrogens is 312 g/mol. The van der Waals surface area contributed by atoms with Gasteiger partial charge in [0.2, 0.25) is 0 Å². The first-order valence-corrected chi connectivity index (χ1v) is 6.30. The molecule has 1 N–H and O–H groups in total. The molecule has 0 unspecified atom stereocenters. The van der Waals surface area contributed by atoms with Crippen molar-refractivity contribution >= 4 is 33.2 Å². The largest absolute Gasteiger partial charge is 0.444 e. The average Bonchev–Trinajstić information content (AvgIpc) is 2.93. The number of carbonyl (C=O) groups is 1. The molecule has 0 atom stereocenters. The maximum absolute atomic E-state index is 11.9. The summed E-state index contributed by atoms with van der Waals surface area (Å²) in [6, 6.07) is 5.10. The molecule has 3 rings (SSSR count). The molecule has 0 saturated carbocycles. The second-order valence-corrected chi connectivity index (χ2v) is 4.77. The Morgan fingerprint density at radius 2 is 2.32 bits per heavy atom. The normalized spacial score (nSPS) is 10.8. The second kappa shape index (κ2) is 4.51. The van der Waals surface area contributed by atoms with Gasteiger partial charge in [-0.15, -0.1) is 0 Å². The number of aromatic nitrogens is 3. The van der Waals surface area contributed by atoms with Crippen molar-refractivity contribution in [3.05, 3.63) is 46.7 Å². The lowest BCUT2D eigenvalue weighted by Gasteiger charge is -2.02. The molecule has 3 heterocycles. The van der Waals surface area contributed by atoms with Crippen LogP contribution < -0.4 is 5.32 Å². The molecule has 0 radical (unpaired) electrons. The summed E-state index contributed by atoms with van der Waals surface area (Å²) in [4.78, 5) is 16.1. The monoisotopic (exact) mass is 320 g/mol. The van der Waals surface area contributed by atoms with Crippen LogP contribution >= 0.6 is 15.9 Å². The zero-order valence-corrected chi connectivity index (χ0v) is 11.5. The van der Waals surface area contributed by atoms with E-state index in [1.54, 1.807) is 29.0 Å². The summed E-state index contributed by atoms with van der Waals surface area (Å²) in [6.07, 6.45) is 3.28. The van der Waals surface area contributed by atoms with E-state index in [0.717, 1.165) is 11.3 Å². The Labute approximate surface area is 116 Å². The van der Waals surface area contributed by atoms with Crippen molar-refractivity contribution in [1.82, 2.24) is 14.6 Å². The first-order valence-electron chi connectivity index (χ1n) is 5.50. The maximum atomic E-state index is 11.9. The molecule has 0 aliphatic rings. The Morgan fingerprint density at radius 3 is 3.05 bits per heavy atom. The molecular formula is C12H9BrN4O2. The third-order valence-corrected chi connectivity index (χ3v) is 2.92. The molecule has 0 fully saturated rings. The fourth-order valence-electron chi connectivity index (χ4n) is 1.69. The van der Waals surface area contributed by atoms with Gasteiger partial charge in [-0.3, -0.25) is 4.79 Å². The Balaban J connectivity index is 1.86. The summed E-state index contributed by atoms with van der Waals surface area (Å²) >= 11 is 3.15. The minimum Gasteiger partial charge on any atom is -0.444 e. The van der Waals surface area contributed by atoms with E-state index in [4.69, 9.17) is 4.42 Å². The number of amides is 1. The fraction of sp³-hybridized carbons (Fsp3) is 0.0833. The van der Waals surface area contributed by atoms with Gasteiger partial charge in [0.15, 0.2) is 16.1 Å². The molecule has 1 amide bonds. The van der Waals surface area contributed by atoms with Crippen molar-refractivity contribution < 1.29 is 9.21 Å². The van der Waals surface area contributed by atoms with Crippen molar-refractivity contribution in [3.63, 3.8) is 0 Å². The molecule has 0 bridgehead atoms. The maximum Gasteiger partial charge on any atom is 0.291 e. The lowest BCUT2D eigenvalue weighted by Crippen LogP contribution is -2.11. The SMILES string of the molecule is Cc1cc2ncc(NC(=O)c3ccc(Br)o3)cn2n1. The summed E-state index contributed by atoms with van der Waals surface area (Å²) in [6.45, 7) is 1.88.